The van der Waals surface area contributed by atoms with Crippen LogP contribution >= 0.6 is 0 Å². The first-order chi connectivity index (χ1) is 15.6. The largest absolute Gasteiger partial charge is 0.434 e. The van der Waals surface area contributed by atoms with E-state index >= 15 is 0 Å². The number of halogens is 1. The first-order valence-electron chi connectivity index (χ1n) is 10.6. The Morgan fingerprint density at radius 2 is 1.91 bits per heavy atom. The van der Waals surface area contributed by atoms with Gasteiger partial charge < -0.3 is 4.42 Å². The van der Waals surface area contributed by atoms with Crippen LogP contribution in [0.25, 0.3) is 0 Å². The number of nitrogens with zero attached hydrogens (tertiary/aromatic N) is 1. The van der Waals surface area contributed by atoms with E-state index in [0.29, 0.717) is 24.0 Å². The van der Waals surface area contributed by atoms with Gasteiger partial charge in [0.1, 0.15) is 11.9 Å². The number of benzene rings is 2. The Kier molecular flexibility index (Phi) is 6.06. The smallest absolute Gasteiger partial charge is 0.391 e. The SMILES string of the molecule is Cc1ccc(F)c([C@@H](C)[C@H](NS(=O)(=O)c2ccc3c(c2)C(=O)CCC3)c2n[nH]c(=O)o2)c1C. The average Bonchev–Trinajstić information content (AvgIpc) is 3.21. The van der Waals surface area contributed by atoms with E-state index in [1.165, 1.54) is 18.2 Å². The Morgan fingerprint density at radius 3 is 2.61 bits per heavy atom. The summed E-state index contributed by atoms with van der Waals surface area (Å²) >= 11 is 0. The van der Waals surface area contributed by atoms with Gasteiger partial charge in [0, 0.05) is 17.9 Å². The molecule has 8 nitrogen and oxygen atoms in total. The van der Waals surface area contributed by atoms with Crippen molar-refractivity contribution in [2.45, 2.75) is 56.9 Å². The molecule has 1 aliphatic rings. The average molecular weight is 474 g/mol. The van der Waals surface area contributed by atoms with E-state index in [1.807, 2.05) is 6.92 Å². The van der Waals surface area contributed by atoms with E-state index in [2.05, 4.69) is 14.9 Å². The molecule has 2 atom stereocenters. The van der Waals surface area contributed by atoms with Gasteiger partial charge in [0.15, 0.2) is 5.78 Å². The van der Waals surface area contributed by atoms with Crippen LogP contribution in [-0.2, 0) is 16.4 Å². The number of aromatic nitrogens is 2. The topological polar surface area (TPSA) is 122 Å². The molecule has 4 rings (SSSR count). The third-order valence-electron chi connectivity index (χ3n) is 6.23. The van der Waals surface area contributed by atoms with E-state index in [-0.39, 0.29) is 22.1 Å². The second-order valence-corrected chi connectivity index (χ2v) is 10.1. The zero-order valence-corrected chi connectivity index (χ0v) is 19.3. The lowest BCUT2D eigenvalue weighted by molar-refractivity contribution is 0.0972. The maximum Gasteiger partial charge on any atom is 0.434 e. The van der Waals surface area contributed by atoms with E-state index in [0.717, 1.165) is 17.5 Å². The molecule has 2 N–H and O–H groups in total. The van der Waals surface area contributed by atoms with Crippen LogP contribution < -0.4 is 10.5 Å². The van der Waals surface area contributed by atoms with E-state index in [1.54, 1.807) is 26.0 Å². The lowest BCUT2D eigenvalue weighted by Gasteiger charge is -2.25. The van der Waals surface area contributed by atoms with Crippen molar-refractivity contribution in [3.8, 4) is 0 Å². The van der Waals surface area contributed by atoms with Crippen molar-refractivity contribution in [1.82, 2.24) is 14.9 Å². The van der Waals surface area contributed by atoms with Crippen LogP contribution in [0, 0.1) is 19.7 Å². The number of rotatable bonds is 6. The molecular weight excluding hydrogens is 449 g/mol. The van der Waals surface area contributed by atoms with Gasteiger partial charge >= 0.3 is 5.76 Å². The molecule has 2 aromatic carbocycles. The van der Waals surface area contributed by atoms with E-state index in [9.17, 15) is 22.4 Å². The van der Waals surface area contributed by atoms with Crippen LogP contribution in [0.4, 0.5) is 4.39 Å². The van der Waals surface area contributed by atoms with Crippen LogP contribution in [0.1, 0.15) is 70.2 Å². The number of ketones is 1. The Morgan fingerprint density at radius 1 is 1.15 bits per heavy atom. The molecule has 33 heavy (non-hydrogen) atoms. The van der Waals surface area contributed by atoms with Crippen LogP contribution in [0.15, 0.2) is 44.4 Å². The minimum absolute atomic E-state index is 0.103. The zero-order chi connectivity index (χ0) is 23.9. The molecule has 0 spiro atoms. The molecule has 0 aliphatic heterocycles. The van der Waals surface area contributed by atoms with Gasteiger partial charge in [-0.2, -0.15) is 4.72 Å². The van der Waals surface area contributed by atoms with Crippen molar-refractivity contribution in [3.05, 3.63) is 80.4 Å². The van der Waals surface area contributed by atoms with Gasteiger partial charge in [0.05, 0.1) is 4.90 Å². The van der Waals surface area contributed by atoms with Gasteiger partial charge in [-0.3, -0.25) is 4.79 Å². The Bertz CT molecular complexity index is 1390. The fraction of sp³-hybridized carbons (Fsp3) is 0.348. The molecule has 1 aromatic heterocycles. The summed E-state index contributed by atoms with van der Waals surface area (Å²) in [6.45, 7) is 5.19. The molecule has 1 aliphatic carbocycles. The second kappa shape index (κ2) is 8.68. The van der Waals surface area contributed by atoms with Crippen LogP contribution in [0.5, 0.6) is 0 Å². The lowest BCUT2D eigenvalue weighted by Crippen LogP contribution is -2.33. The number of sulfonamides is 1. The summed E-state index contributed by atoms with van der Waals surface area (Å²) in [5.41, 5.74) is 2.97. The maximum absolute atomic E-state index is 14.8. The van der Waals surface area contributed by atoms with Gasteiger partial charge in [0.25, 0.3) is 0 Å². The summed E-state index contributed by atoms with van der Waals surface area (Å²) in [7, 11) is -4.18. The first kappa shape index (κ1) is 23.1. The number of H-pyrrole nitrogens is 1. The fourth-order valence-corrected chi connectivity index (χ4v) is 5.58. The summed E-state index contributed by atoms with van der Waals surface area (Å²) in [5.74, 6) is -2.46. The number of Topliss-reactive ketones (excluding diaryl/α,β-unsaturated/α-hetero) is 1. The van der Waals surface area contributed by atoms with Crippen LogP contribution in [0.2, 0.25) is 0 Å². The number of aryl methyl sites for hydroxylation is 2. The first-order valence-corrected chi connectivity index (χ1v) is 12.1. The highest BCUT2D eigenvalue weighted by Gasteiger charge is 2.34. The van der Waals surface area contributed by atoms with Crippen molar-refractivity contribution < 1.29 is 22.0 Å². The van der Waals surface area contributed by atoms with Crippen molar-refractivity contribution in [3.63, 3.8) is 0 Å². The standard InChI is InChI=1S/C23H24FN3O5S/c1-12-7-10-18(24)20(13(12)2)14(3)21(22-25-26-23(29)32-22)27-33(30,31)16-9-8-15-5-4-6-19(28)17(15)11-16/h7-11,14,21,27H,4-6H2,1-3H3,(H,26,29)/t14-,21+/m1/s1. The molecule has 10 heteroatoms. The fourth-order valence-electron chi connectivity index (χ4n) is 4.28. The third kappa shape index (κ3) is 4.40. The summed E-state index contributed by atoms with van der Waals surface area (Å²) in [6, 6.07) is 6.20. The van der Waals surface area contributed by atoms with Gasteiger partial charge in [-0.1, -0.05) is 19.1 Å². The predicted octanol–water partition coefficient (Wildman–Crippen LogP) is 3.46. The second-order valence-electron chi connectivity index (χ2n) is 8.34. The summed E-state index contributed by atoms with van der Waals surface area (Å²) in [5, 5.41) is 5.92. The zero-order valence-electron chi connectivity index (χ0n) is 18.4. The monoisotopic (exact) mass is 473 g/mol. The highest BCUT2D eigenvalue weighted by atomic mass is 32.2. The Labute approximate surface area is 190 Å². The van der Waals surface area contributed by atoms with Gasteiger partial charge in [-0.05, 0) is 67.1 Å². The number of aromatic amines is 1. The van der Waals surface area contributed by atoms with Crippen LogP contribution in [-0.4, -0.2) is 24.4 Å². The van der Waals surface area contributed by atoms with Gasteiger partial charge in [-0.15, -0.1) is 5.10 Å². The highest BCUT2D eigenvalue weighted by Crippen LogP contribution is 2.35. The van der Waals surface area contributed by atoms with Gasteiger partial charge in [-0.25, -0.2) is 22.7 Å². The molecule has 0 unspecified atom stereocenters. The number of carbonyl (C=O) groups is 1. The molecule has 3 aromatic rings. The molecule has 0 saturated heterocycles. The van der Waals surface area contributed by atoms with Crippen LogP contribution in [0.3, 0.4) is 0 Å². The minimum atomic E-state index is -4.18. The summed E-state index contributed by atoms with van der Waals surface area (Å²) in [4.78, 5) is 23.8. The Hall–Kier alpha value is -3.11. The highest BCUT2D eigenvalue weighted by molar-refractivity contribution is 7.89. The molecule has 0 amide bonds. The summed E-state index contributed by atoms with van der Waals surface area (Å²) < 4.78 is 49.0. The quantitative estimate of drug-likeness (QED) is 0.565. The maximum atomic E-state index is 14.8. The molecule has 174 valence electrons. The molecule has 1 heterocycles. The number of fused-ring (bicyclic) bond motifs is 1. The lowest BCUT2D eigenvalue weighted by atomic mass is 9.88. The number of hydrogen-bond acceptors (Lipinski definition) is 6. The van der Waals surface area contributed by atoms with Crippen molar-refractivity contribution in [2.75, 3.05) is 0 Å². The van der Waals surface area contributed by atoms with Crippen molar-refractivity contribution in [2.24, 2.45) is 0 Å². The number of hydrogen-bond donors (Lipinski definition) is 2. The Balaban J connectivity index is 1.77. The number of carbonyl (C=O) groups excluding carboxylic acids is 1. The van der Waals surface area contributed by atoms with E-state index < -0.39 is 33.6 Å². The molecule has 0 saturated carbocycles. The van der Waals surface area contributed by atoms with Gasteiger partial charge in [0.2, 0.25) is 15.9 Å². The normalized spacial score (nSPS) is 15.8. The van der Waals surface area contributed by atoms with Crippen molar-refractivity contribution in [1.29, 1.82) is 0 Å². The summed E-state index contributed by atoms with van der Waals surface area (Å²) in [6.07, 6.45) is 1.81. The molecule has 0 radical (unpaired) electrons. The van der Waals surface area contributed by atoms with Crippen molar-refractivity contribution >= 4 is 15.8 Å². The number of nitrogens with one attached hydrogen (secondary N) is 2. The molecule has 0 bridgehead atoms. The predicted molar refractivity (Wildman–Crippen MR) is 118 cm³/mol. The van der Waals surface area contributed by atoms with E-state index in [4.69, 9.17) is 4.42 Å². The molecular formula is C23H24FN3O5S. The molecule has 0 fully saturated rings. The third-order valence-corrected chi connectivity index (χ3v) is 7.67. The minimum Gasteiger partial charge on any atom is -0.391 e.